The zero-order valence-corrected chi connectivity index (χ0v) is 17.4. The molecular formula is C24H21NO4S. The summed E-state index contributed by atoms with van der Waals surface area (Å²) in [6.07, 6.45) is 1.73. The van der Waals surface area contributed by atoms with Crippen molar-refractivity contribution >= 4 is 27.2 Å². The first-order chi connectivity index (χ1) is 14.4. The Morgan fingerprint density at radius 2 is 1.53 bits per heavy atom. The fourth-order valence-electron chi connectivity index (χ4n) is 3.65. The maximum atomic E-state index is 13.3. The average Bonchev–Trinajstić information content (AvgIpc) is 2.78. The lowest BCUT2D eigenvalue weighted by Crippen LogP contribution is -2.32. The minimum atomic E-state index is -3.89. The van der Waals surface area contributed by atoms with E-state index in [-0.39, 0.29) is 38.2 Å². The molecule has 3 aromatic carbocycles. The van der Waals surface area contributed by atoms with Gasteiger partial charge in [-0.05, 0) is 48.9 Å². The molecule has 0 unspecified atom stereocenters. The molecule has 0 fully saturated rings. The summed E-state index contributed by atoms with van der Waals surface area (Å²) in [5.74, 6) is -0.640. The smallest absolute Gasteiger partial charge is 0.258 e. The van der Waals surface area contributed by atoms with Crippen LogP contribution in [0.5, 0.6) is 0 Å². The van der Waals surface area contributed by atoms with Crippen LogP contribution in [0.1, 0.15) is 46.0 Å². The third kappa shape index (κ3) is 3.33. The quantitative estimate of drug-likeness (QED) is 0.477. The zero-order chi connectivity index (χ0) is 21.3. The molecule has 3 aromatic rings. The molecular weight excluding hydrogens is 398 g/mol. The van der Waals surface area contributed by atoms with Crippen LogP contribution in [0.2, 0.25) is 0 Å². The molecule has 1 aliphatic rings. The predicted octanol–water partition coefficient (Wildman–Crippen LogP) is 4.51. The van der Waals surface area contributed by atoms with Crippen LogP contribution in [0.3, 0.4) is 0 Å². The van der Waals surface area contributed by atoms with Crippen LogP contribution in [0.15, 0.2) is 82.6 Å². The van der Waals surface area contributed by atoms with Crippen molar-refractivity contribution in [3.05, 3.63) is 89.5 Å². The van der Waals surface area contributed by atoms with E-state index in [0.717, 1.165) is 18.5 Å². The minimum absolute atomic E-state index is 0.0157. The lowest BCUT2D eigenvalue weighted by molar-refractivity contribution is 0.0983. The van der Waals surface area contributed by atoms with Crippen LogP contribution in [0.4, 0.5) is 5.69 Å². The molecule has 5 nitrogen and oxygen atoms in total. The van der Waals surface area contributed by atoms with Gasteiger partial charge >= 0.3 is 0 Å². The maximum absolute atomic E-state index is 13.3. The highest BCUT2D eigenvalue weighted by Gasteiger charge is 2.35. The second-order valence-electron chi connectivity index (χ2n) is 7.19. The molecule has 0 saturated carbocycles. The van der Waals surface area contributed by atoms with Gasteiger partial charge in [-0.2, -0.15) is 0 Å². The molecule has 1 aliphatic heterocycles. The summed E-state index contributed by atoms with van der Waals surface area (Å²) in [6.45, 7) is 2.56. The number of carbonyl (C=O) groups excluding carboxylic acids is 2. The number of fused-ring (bicyclic) bond motifs is 2. The number of nitrogens with zero attached hydrogens (tertiary/aromatic N) is 1. The molecule has 30 heavy (non-hydrogen) atoms. The Morgan fingerprint density at radius 3 is 2.27 bits per heavy atom. The SMILES string of the molecule is CCCCN(C(=O)c1ccc2c(c1)S(=O)(=O)c1ccccc1C2=O)c1ccccc1. The number of hydrogen-bond acceptors (Lipinski definition) is 4. The van der Waals surface area contributed by atoms with E-state index < -0.39 is 9.84 Å². The van der Waals surface area contributed by atoms with E-state index in [0.29, 0.717) is 6.54 Å². The van der Waals surface area contributed by atoms with E-state index in [2.05, 4.69) is 0 Å². The van der Waals surface area contributed by atoms with Crippen molar-refractivity contribution in [2.45, 2.75) is 29.6 Å². The van der Waals surface area contributed by atoms with Gasteiger partial charge in [-0.15, -0.1) is 0 Å². The normalized spacial score (nSPS) is 14.0. The third-order valence-corrected chi connectivity index (χ3v) is 7.08. The van der Waals surface area contributed by atoms with Crippen LogP contribution in [-0.4, -0.2) is 26.7 Å². The fourth-order valence-corrected chi connectivity index (χ4v) is 5.32. The summed E-state index contributed by atoms with van der Waals surface area (Å²) in [5.41, 5.74) is 1.26. The minimum Gasteiger partial charge on any atom is -0.308 e. The second-order valence-corrected chi connectivity index (χ2v) is 9.07. The van der Waals surface area contributed by atoms with Gasteiger partial charge in [-0.1, -0.05) is 43.7 Å². The number of rotatable bonds is 5. The highest BCUT2D eigenvalue weighted by atomic mass is 32.2. The van der Waals surface area contributed by atoms with E-state index in [4.69, 9.17) is 0 Å². The third-order valence-electron chi connectivity index (χ3n) is 5.23. The first kappa shape index (κ1) is 20.0. The molecule has 1 heterocycles. The Balaban J connectivity index is 1.79. The molecule has 152 valence electrons. The van der Waals surface area contributed by atoms with Crippen molar-refractivity contribution in [2.24, 2.45) is 0 Å². The molecule has 0 saturated heterocycles. The molecule has 0 aromatic heterocycles. The van der Waals surface area contributed by atoms with Gasteiger partial charge in [0.15, 0.2) is 5.78 Å². The van der Waals surface area contributed by atoms with Gasteiger partial charge in [0.05, 0.1) is 9.79 Å². The number of anilines is 1. The lowest BCUT2D eigenvalue weighted by atomic mass is 10.0. The van der Waals surface area contributed by atoms with E-state index in [9.17, 15) is 18.0 Å². The lowest BCUT2D eigenvalue weighted by Gasteiger charge is -2.24. The number of hydrogen-bond donors (Lipinski definition) is 0. The summed E-state index contributed by atoms with van der Waals surface area (Å²) in [4.78, 5) is 27.7. The second kappa shape index (κ2) is 7.88. The predicted molar refractivity (Wildman–Crippen MR) is 115 cm³/mol. The van der Waals surface area contributed by atoms with Crippen LogP contribution in [-0.2, 0) is 9.84 Å². The number of para-hydroxylation sites is 1. The number of unbranched alkanes of at least 4 members (excludes halogenated alkanes) is 1. The Bertz CT molecular complexity index is 1230. The van der Waals surface area contributed by atoms with Gasteiger partial charge in [0, 0.05) is 28.9 Å². The van der Waals surface area contributed by atoms with Gasteiger partial charge in [-0.25, -0.2) is 8.42 Å². The van der Waals surface area contributed by atoms with Crippen molar-refractivity contribution in [1.29, 1.82) is 0 Å². The first-order valence-electron chi connectivity index (χ1n) is 9.85. The number of ketones is 1. The van der Waals surface area contributed by atoms with Crippen molar-refractivity contribution in [1.82, 2.24) is 0 Å². The van der Waals surface area contributed by atoms with Crippen LogP contribution in [0, 0.1) is 0 Å². The van der Waals surface area contributed by atoms with E-state index in [1.807, 2.05) is 37.3 Å². The number of benzene rings is 3. The monoisotopic (exact) mass is 419 g/mol. The number of carbonyl (C=O) groups is 2. The molecule has 0 spiro atoms. The topological polar surface area (TPSA) is 71.5 Å². The number of sulfone groups is 1. The highest BCUT2D eigenvalue weighted by molar-refractivity contribution is 7.91. The Labute approximate surface area is 175 Å². The van der Waals surface area contributed by atoms with Crippen molar-refractivity contribution in [2.75, 3.05) is 11.4 Å². The Morgan fingerprint density at radius 1 is 0.867 bits per heavy atom. The summed E-state index contributed by atoms with van der Waals surface area (Å²) in [6, 6.07) is 19.8. The molecule has 0 radical (unpaired) electrons. The zero-order valence-electron chi connectivity index (χ0n) is 16.5. The van der Waals surface area contributed by atoms with Gasteiger partial charge in [0.25, 0.3) is 5.91 Å². The van der Waals surface area contributed by atoms with Gasteiger partial charge in [-0.3, -0.25) is 9.59 Å². The van der Waals surface area contributed by atoms with Crippen molar-refractivity contribution in [3.8, 4) is 0 Å². The van der Waals surface area contributed by atoms with E-state index in [1.54, 1.807) is 17.0 Å². The molecule has 0 atom stereocenters. The molecule has 0 aliphatic carbocycles. The van der Waals surface area contributed by atoms with Crippen molar-refractivity contribution < 1.29 is 18.0 Å². The van der Waals surface area contributed by atoms with Gasteiger partial charge in [0.2, 0.25) is 9.84 Å². The summed E-state index contributed by atoms with van der Waals surface area (Å²) >= 11 is 0. The molecule has 6 heteroatoms. The molecule has 4 rings (SSSR count). The average molecular weight is 420 g/mol. The summed E-state index contributed by atoms with van der Waals surface area (Å²) < 4.78 is 26.3. The number of amides is 1. The van der Waals surface area contributed by atoms with E-state index >= 15 is 0 Å². The van der Waals surface area contributed by atoms with Crippen molar-refractivity contribution in [3.63, 3.8) is 0 Å². The van der Waals surface area contributed by atoms with Crippen LogP contribution < -0.4 is 4.90 Å². The fraction of sp³-hybridized carbons (Fsp3) is 0.167. The summed E-state index contributed by atoms with van der Waals surface area (Å²) in [7, 11) is -3.89. The Hall–Kier alpha value is -3.25. The van der Waals surface area contributed by atoms with Gasteiger partial charge in [0.1, 0.15) is 0 Å². The summed E-state index contributed by atoms with van der Waals surface area (Å²) in [5, 5.41) is 0. The standard InChI is InChI=1S/C24H21NO4S/c1-2-3-15-25(18-9-5-4-6-10-18)24(27)17-13-14-20-22(16-17)30(28,29)21-12-8-7-11-19(21)23(20)26/h4-14,16H,2-3,15H2,1H3. The Kier molecular flexibility index (Phi) is 5.26. The molecule has 0 N–H and O–H groups in total. The van der Waals surface area contributed by atoms with Crippen LogP contribution in [0.25, 0.3) is 0 Å². The first-order valence-corrected chi connectivity index (χ1v) is 11.3. The highest BCUT2D eigenvalue weighted by Crippen LogP contribution is 2.35. The molecule has 1 amide bonds. The maximum Gasteiger partial charge on any atom is 0.258 e. The van der Waals surface area contributed by atoms with Crippen LogP contribution >= 0.6 is 0 Å². The van der Waals surface area contributed by atoms with Gasteiger partial charge < -0.3 is 4.90 Å². The van der Waals surface area contributed by atoms with E-state index in [1.165, 1.54) is 30.3 Å². The molecule has 0 bridgehead atoms. The largest absolute Gasteiger partial charge is 0.308 e.